The number of hydrazine groups is 1. The number of nitrogens with two attached hydrogens (primary N) is 1. The molecule has 3 aromatic rings. The van der Waals surface area contributed by atoms with E-state index in [4.69, 9.17) is 5.84 Å². The molecular weight excluding hydrogens is 414 g/mol. The molecule has 0 unspecified atom stereocenters. The zero-order valence-electron chi connectivity index (χ0n) is 19.4. The summed E-state index contributed by atoms with van der Waals surface area (Å²) in [5, 5.41) is 6.40. The number of carbonyl (C=O) groups excluding carboxylic acids is 1. The number of anilines is 2. The van der Waals surface area contributed by atoms with Crippen LogP contribution < -0.4 is 16.1 Å². The largest absolute Gasteiger partial charge is 0.357 e. The van der Waals surface area contributed by atoms with Gasteiger partial charge in [-0.1, -0.05) is 12.1 Å². The fourth-order valence-corrected chi connectivity index (χ4v) is 4.05. The Morgan fingerprint density at radius 1 is 1.12 bits per heavy atom. The van der Waals surface area contributed by atoms with Gasteiger partial charge in [-0.2, -0.15) is 0 Å². The van der Waals surface area contributed by atoms with Gasteiger partial charge in [0.05, 0.1) is 0 Å². The third-order valence-corrected chi connectivity index (χ3v) is 6.09. The molecule has 1 fully saturated rings. The van der Waals surface area contributed by atoms with Crippen molar-refractivity contribution in [1.82, 2.24) is 19.9 Å². The van der Waals surface area contributed by atoms with Crippen molar-refractivity contribution in [3.8, 4) is 0 Å². The van der Waals surface area contributed by atoms with Crippen LogP contribution in [0.2, 0.25) is 0 Å². The molecule has 0 bridgehead atoms. The molecule has 0 atom stereocenters. The maximum atomic E-state index is 13.0. The number of amides is 1. The Morgan fingerprint density at radius 3 is 2.67 bits per heavy atom. The number of nitrogens with zero attached hydrogens (tertiary/aromatic N) is 5. The maximum Gasteiger partial charge on any atom is 0.257 e. The van der Waals surface area contributed by atoms with Gasteiger partial charge in [0, 0.05) is 49.7 Å². The summed E-state index contributed by atoms with van der Waals surface area (Å²) < 4.78 is 0. The number of hydrogen-bond donors (Lipinski definition) is 2. The number of fused-ring (bicyclic) bond motifs is 1. The van der Waals surface area contributed by atoms with Gasteiger partial charge in [0.15, 0.2) is 0 Å². The highest BCUT2D eigenvalue weighted by Crippen LogP contribution is 2.22. The second kappa shape index (κ2) is 9.97. The van der Waals surface area contributed by atoms with Crippen LogP contribution in [0.3, 0.4) is 0 Å². The molecule has 1 amide bonds. The van der Waals surface area contributed by atoms with Crippen LogP contribution in [0.5, 0.6) is 0 Å². The first kappa shape index (κ1) is 22.7. The minimum atomic E-state index is -0.205. The summed E-state index contributed by atoms with van der Waals surface area (Å²) in [6.07, 6.45) is 9.35. The summed E-state index contributed by atoms with van der Waals surface area (Å²) >= 11 is 0. The quantitative estimate of drug-likeness (QED) is 0.445. The third-order valence-electron chi connectivity index (χ3n) is 6.09. The van der Waals surface area contributed by atoms with E-state index in [0.717, 1.165) is 48.1 Å². The second-order valence-electron chi connectivity index (χ2n) is 8.66. The van der Waals surface area contributed by atoms with E-state index in [1.165, 1.54) is 5.01 Å². The van der Waals surface area contributed by atoms with Crippen molar-refractivity contribution in [1.29, 1.82) is 0 Å². The van der Waals surface area contributed by atoms with Crippen molar-refractivity contribution in [2.45, 2.75) is 18.9 Å². The summed E-state index contributed by atoms with van der Waals surface area (Å²) in [6, 6.07) is 11.9. The van der Waals surface area contributed by atoms with Crippen LogP contribution in [-0.2, 0) is 0 Å². The van der Waals surface area contributed by atoms with Gasteiger partial charge in [0.1, 0.15) is 11.6 Å². The zero-order valence-corrected chi connectivity index (χ0v) is 19.4. The summed E-state index contributed by atoms with van der Waals surface area (Å²) in [4.78, 5) is 26.4. The molecule has 0 saturated carbocycles. The Morgan fingerprint density at radius 2 is 1.91 bits per heavy atom. The average molecular weight is 446 g/mol. The number of likely N-dealkylation sites (tertiary alicyclic amines) is 1. The van der Waals surface area contributed by atoms with E-state index in [2.05, 4.69) is 39.2 Å². The van der Waals surface area contributed by atoms with Crippen LogP contribution in [0.4, 0.5) is 11.6 Å². The lowest BCUT2D eigenvalue weighted by molar-refractivity contribution is 0.102. The number of carbonyl (C=O) groups is 1. The smallest absolute Gasteiger partial charge is 0.257 e. The number of nitrogens with one attached hydrogen (secondary N) is 1. The molecule has 172 valence electrons. The molecule has 2 aromatic heterocycles. The highest BCUT2D eigenvalue weighted by molar-refractivity contribution is 6.05. The Labute approximate surface area is 194 Å². The fourth-order valence-electron chi connectivity index (χ4n) is 4.05. The molecule has 3 heterocycles. The molecule has 1 aromatic carbocycles. The molecule has 0 spiro atoms. The highest BCUT2D eigenvalue weighted by Gasteiger charge is 2.22. The van der Waals surface area contributed by atoms with Crippen LogP contribution in [0, 0.1) is 0 Å². The SMILES string of the molecule is CN(N)/C=C/c1ccc2cnc(NC(=O)c3ccnc(N(C)C4CCN(C)CC4)c3)cc2c1. The lowest BCUT2D eigenvalue weighted by atomic mass is 10.0. The first-order chi connectivity index (χ1) is 15.9. The van der Waals surface area contributed by atoms with E-state index < -0.39 is 0 Å². The number of piperidine rings is 1. The normalized spacial score (nSPS) is 15.2. The van der Waals surface area contributed by atoms with E-state index in [0.29, 0.717) is 17.4 Å². The number of pyridine rings is 2. The van der Waals surface area contributed by atoms with Crippen molar-refractivity contribution >= 4 is 34.4 Å². The van der Waals surface area contributed by atoms with Crippen molar-refractivity contribution in [3.63, 3.8) is 0 Å². The lowest BCUT2D eigenvalue weighted by Crippen LogP contribution is -2.42. The van der Waals surface area contributed by atoms with E-state index in [1.807, 2.05) is 36.4 Å². The highest BCUT2D eigenvalue weighted by atomic mass is 16.1. The van der Waals surface area contributed by atoms with Crippen LogP contribution in [0.25, 0.3) is 16.8 Å². The molecule has 4 rings (SSSR count). The molecular formula is C25H31N7O. The van der Waals surface area contributed by atoms with Crippen molar-refractivity contribution in [3.05, 3.63) is 66.1 Å². The van der Waals surface area contributed by atoms with Crippen molar-refractivity contribution in [2.24, 2.45) is 5.84 Å². The van der Waals surface area contributed by atoms with E-state index >= 15 is 0 Å². The van der Waals surface area contributed by atoms with Crippen LogP contribution >= 0.6 is 0 Å². The number of benzene rings is 1. The molecule has 1 aliphatic heterocycles. The van der Waals surface area contributed by atoms with Gasteiger partial charge < -0.3 is 20.1 Å². The summed E-state index contributed by atoms with van der Waals surface area (Å²) in [5.74, 6) is 6.75. The van der Waals surface area contributed by atoms with Gasteiger partial charge in [-0.3, -0.25) is 4.79 Å². The van der Waals surface area contributed by atoms with Gasteiger partial charge in [-0.15, -0.1) is 0 Å². The van der Waals surface area contributed by atoms with Gasteiger partial charge in [0.2, 0.25) is 0 Å². The third kappa shape index (κ3) is 5.66. The van der Waals surface area contributed by atoms with Crippen molar-refractivity contribution < 1.29 is 4.79 Å². The molecule has 8 nitrogen and oxygen atoms in total. The van der Waals surface area contributed by atoms with Crippen molar-refractivity contribution in [2.75, 3.05) is 44.4 Å². The molecule has 8 heteroatoms. The van der Waals surface area contributed by atoms with Crippen LogP contribution in [0.1, 0.15) is 28.8 Å². The monoisotopic (exact) mass is 445 g/mol. The fraction of sp³-hybridized carbons (Fsp3) is 0.320. The molecule has 0 radical (unpaired) electrons. The molecule has 1 saturated heterocycles. The molecule has 3 N–H and O–H groups in total. The second-order valence-corrected chi connectivity index (χ2v) is 8.66. The topological polar surface area (TPSA) is 90.6 Å². The van der Waals surface area contributed by atoms with E-state index in [1.54, 1.807) is 31.7 Å². The summed E-state index contributed by atoms with van der Waals surface area (Å²) in [7, 11) is 5.97. The standard InChI is InChI=1S/C25H31N7O/c1-30-11-8-22(9-12-30)32(3)24-16-19(6-10-27-24)25(33)29-23-15-21-14-18(7-13-31(2)26)4-5-20(21)17-28-23/h4-7,10,13-17,22H,8-9,11-12,26H2,1-3H3,(H,28,29,33)/b13-7+. The van der Waals surface area contributed by atoms with Gasteiger partial charge in [0.25, 0.3) is 5.91 Å². The number of hydrogen-bond acceptors (Lipinski definition) is 7. The predicted octanol–water partition coefficient (Wildman–Crippen LogP) is 3.19. The molecule has 0 aliphatic carbocycles. The number of aromatic nitrogens is 2. The zero-order chi connectivity index (χ0) is 23.4. The van der Waals surface area contributed by atoms with Crippen LogP contribution in [-0.4, -0.2) is 66.1 Å². The average Bonchev–Trinajstić information content (AvgIpc) is 2.82. The molecule has 33 heavy (non-hydrogen) atoms. The Bertz CT molecular complexity index is 1150. The van der Waals surface area contributed by atoms with E-state index in [-0.39, 0.29) is 5.91 Å². The van der Waals surface area contributed by atoms with E-state index in [9.17, 15) is 4.79 Å². The Kier molecular flexibility index (Phi) is 6.86. The van der Waals surface area contributed by atoms with Crippen LogP contribution in [0.15, 0.2) is 55.0 Å². The minimum absolute atomic E-state index is 0.205. The Hall–Kier alpha value is -3.49. The minimum Gasteiger partial charge on any atom is -0.357 e. The first-order valence-electron chi connectivity index (χ1n) is 11.1. The number of rotatable bonds is 6. The molecule has 1 aliphatic rings. The first-order valence-corrected chi connectivity index (χ1v) is 11.1. The summed E-state index contributed by atoms with van der Waals surface area (Å²) in [6.45, 7) is 2.15. The van der Waals surface area contributed by atoms with Gasteiger partial charge in [-0.05, 0) is 74.3 Å². The van der Waals surface area contributed by atoms with Gasteiger partial charge in [-0.25, -0.2) is 15.8 Å². The van der Waals surface area contributed by atoms with Gasteiger partial charge >= 0.3 is 0 Å². The lowest BCUT2D eigenvalue weighted by Gasteiger charge is -2.35. The maximum absolute atomic E-state index is 13.0. The predicted molar refractivity (Wildman–Crippen MR) is 134 cm³/mol. The summed E-state index contributed by atoms with van der Waals surface area (Å²) in [5.41, 5.74) is 1.57. The Balaban J connectivity index is 1.49.